The number of nitrogens with zero attached hydrogens (tertiary/aromatic N) is 2. The van der Waals surface area contributed by atoms with E-state index in [0.29, 0.717) is 0 Å². The van der Waals surface area contributed by atoms with Gasteiger partial charge in [0.05, 0.1) is 11.4 Å². The summed E-state index contributed by atoms with van der Waals surface area (Å²) in [4.78, 5) is 8.43. The first-order valence-electron chi connectivity index (χ1n) is 4.35. The van der Waals surface area contributed by atoms with Gasteiger partial charge in [-0.05, 0) is 19.8 Å². The van der Waals surface area contributed by atoms with E-state index in [-0.39, 0.29) is 0 Å². The van der Waals surface area contributed by atoms with Crippen molar-refractivity contribution in [2.45, 2.75) is 32.4 Å². The smallest absolute Gasteiger partial charge is 0.0724 e. The molecule has 3 heteroatoms. The molecule has 0 spiro atoms. The van der Waals surface area contributed by atoms with Gasteiger partial charge < -0.3 is 5.32 Å². The Hall–Kier alpha value is -0.960. The summed E-state index contributed by atoms with van der Waals surface area (Å²) < 4.78 is 0. The lowest BCUT2D eigenvalue weighted by Gasteiger charge is -2.00. The van der Waals surface area contributed by atoms with Crippen molar-refractivity contribution in [3.63, 3.8) is 0 Å². The van der Waals surface area contributed by atoms with Crippen molar-refractivity contribution in [2.24, 2.45) is 0 Å². The van der Waals surface area contributed by atoms with Crippen LogP contribution in [0.2, 0.25) is 0 Å². The molecule has 0 atom stereocenters. The third-order valence-electron chi connectivity index (χ3n) is 1.98. The van der Waals surface area contributed by atoms with E-state index in [4.69, 9.17) is 0 Å². The second-order valence-electron chi connectivity index (χ2n) is 3.30. The average Bonchev–Trinajstić information content (AvgIpc) is 2.87. The summed E-state index contributed by atoms with van der Waals surface area (Å²) in [6.45, 7) is 2.81. The molecule has 1 aliphatic carbocycles. The number of aromatic nitrogens is 2. The van der Waals surface area contributed by atoms with Crippen LogP contribution in [0.5, 0.6) is 0 Å². The number of rotatable bonds is 3. The molecule has 1 aromatic heterocycles. The van der Waals surface area contributed by atoms with Gasteiger partial charge >= 0.3 is 0 Å². The first kappa shape index (κ1) is 7.68. The standard InChI is InChI=1S/C9H13N3/c1-7-4-11-9(5-10-7)6-12-8-2-3-8/h4-5,8,12H,2-3,6H2,1H3. The highest BCUT2D eigenvalue weighted by Crippen LogP contribution is 2.18. The lowest BCUT2D eigenvalue weighted by atomic mass is 10.4. The Morgan fingerprint density at radius 1 is 1.42 bits per heavy atom. The lowest BCUT2D eigenvalue weighted by molar-refractivity contribution is 0.671. The van der Waals surface area contributed by atoms with Gasteiger partial charge in [0.1, 0.15) is 0 Å². The molecule has 0 aliphatic heterocycles. The van der Waals surface area contributed by atoms with E-state index in [1.165, 1.54) is 12.8 Å². The van der Waals surface area contributed by atoms with Crippen LogP contribution in [0.25, 0.3) is 0 Å². The molecule has 0 saturated heterocycles. The molecule has 1 aliphatic rings. The van der Waals surface area contributed by atoms with Crippen LogP contribution in [0.3, 0.4) is 0 Å². The molecule has 1 fully saturated rings. The van der Waals surface area contributed by atoms with E-state index in [1.54, 1.807) is 0 Å². The molecule has 1 aromatic rings. The van der Waals surface area contributed by atoms with Crippen LogP contribution in [-0.2, 0) is 6.54 Å². The van der Waals surface area contributed by atoms with E-state index in [9.17, 15) is 0 Å². The monoisotopic (exact) mass is 163 g/mol. The highest BCUT2D eigenvalue weighted by Gasteiger charge is 2.19. The maximum Gasteiger partial charge on any atom is 0.0724 e. The summed E-state index contributed by atoms with van der Waals surface area (Å²) in [5.41, 5.74) is 2.01. The molecule has 1 N–H and O–H groups in total. The Balaban J connectivity index is 1.89. The number of aryl methyl sites for hydroxylation is 1. The summed E-state index contributed by atoms with van der Waals surface area (Å²) in [6.07, 6.45) is 6.28. The van der Waals surface area contributed by atoms with Gasteiger partial charge in [-0.3, -0.25) is 9.97 Å². The summed E-state index contributed by atoms with van der Waals surface area (Å²) >= 11 is 0. The van der Waals surface area contributed by atoms with E-state index in [2.05, 4.69) is 15.3 Å². The summed E-state index contributed by atoms with van der Waals surface area (Å²) in [5.74, 6) is 0. The first-order valence-corrected chi connectivity index (χ1v) is 4.35. The molecular weight excluding hydrogens is 150 g/mol. The SMILES string of the molecule is Cc1cnc(CNC2CC2)cn1. The van der Waals surface area contributed by atoms with Crippen LogP contribution in [0.4, 0.5) is 0 Å². The fourth-order valence-corrected chi connectivity index (χ4v) is 1.05. The van der Waals surface area contributed by atoms with Crippen LogP contribution >= 0.6 is 0 Å². The number of hydrogen-bond donors (Lipinski definition) is 1. The molecular formula is C9H13N3. The van der Waals surface area contributed by atoms with Crippen molar-refractivity contribution in [1.29, 1.82) is 0 Å². The van der Waals surface area contributed by atoms with Crippen molar-refractivity contribution in [3.05, 3.63) is 23.8 Å². The van der Waals surface area contributed by atoms with Crippen LogP contribution in [0, 0.1) is 6.92 Å². The predicted octanol–water partition coefficient (Wildman–Crippen LogP) is 1.04. The molecule has 0 radical (unpaired) electrons. The van der Waals surface area contributed by atoms with Crippen molar-refractivity contribution >= 4 is 0 Å². The van der Waals surface area contributed by atoms with Crippen molar-refractivity contribution in [2.75, 3.05) is 0 Å². The van der Waals surface area contributed by atoms with E-state index in [0.717, 1.165) is 24.0 Å². The van der Waals surface area contributed by atoms with Crippen LogP contribution in [0.15, 0.2) is 12.4 Å². The fraction of sp³-hybridized carbons (Fsp3) is 0.556. The van der Waals surface area contributed by atoms with E-state index >= 15 is 0 Å². The van der Waals surface area contributed by atoms with Crippen molar-refractivity contribution in [1.82, 2.24) is 15.3 Å². The Labute approximate surface area is 72.2 Å². The number of hydrogen-bond acceptors (Lipinski definition) is 3. The Kier molecular flexibility index (Phi) is 2.04. The second-order valence-corrected chi connectivity index (χ2v) is 3.30. The van der Waals surface area contributed by atoms with Gasteiger partial charge in [-0.25, -0.2) is 0 Å². The minimum absolute atomic E-state index is 0.744. The number of nitrogens with one attached hydrogen (secondary N) is 1. The normalized spacial score (nSPS) is 16.4. The quantitative estimate of drug-likeness (QED) is 0.723. The molecule has 64 valence electrons. The molecule has 0 aromatic carbocycles. The minimum atomic E-state index is 0.744. The first-order chi connectivity index (χ1) is 5.84. The molecule has 2 rings (SSSR count). The van der Waals surface area contributed by atoms with Crippen molar-refractivity contribution < 1.29 is 0 Å². The van der Waals surface area contributed by atoms with Gasteiger partial charge in [-0.15, -0.1) is 0 Å². The summed E-state index contributed by atoms with van der Waals surface area (Å²) in [7, 11) is 0. The highest BCUT2D eigenvalue weighted by atomic mass is 15.0. The Morgan fingerprint density at radius 3 is 2.83 bits per heavy atom. The zero-order chi connectivity index (χ0) is 8.39. The Morgan fingerprint density at radius 2 is 2.25 bits per heavy atom. The summed E-state index contributed by atoms with van der Waals surface area (Å²) in [5, 5.41) is 3.39. The third kappa shape index (κ3) is 2.01. The zero-order valence-corrected chi connectivity index (χ0v) is 7.25. The molecule has 0 amide bonds. The summed E-state index contributed by atoms with van der Waals surface area (Å²) in [6, 6.07) is 0.744. The van der Waals surface area contributed by atoms with E-state index < -0.39 is 0 Å². The topological polar surface area (TPSA) is 37.8 Å². The maximum atomic E-state index is 4.25. The maximum absolute atomic E-state index is 4.25. The van der Waals surface area contributed by atoms with Gasteiger partial charge in [0, 0.05) is 25.0 Å². The minimum Gasteiger partial charge on any atom is -0.308 e. The molecule has 1 saturated carbocycles. The lowest BCUT2D eigenvalue weighted by Crippen LogP contribution is -2.16. The highest BCUT2D eigenvalue weighted by molar-refractivity contribution is 5.01. The Bertz CT molecular complexity index is 251. The second kappa shape index (κ2) is 3.19. The van der Waals surface area contributed by atoms with Crippen LogP contribution in [0.1, 0.15) is 24.2 Å². The van der Waals surface area contributed by atoms with Gasteiger partial charge in [-0.2, -0.15) is 0 Å². The van der Waals surface area contributed by atoms with Gasteiger partial charge in [0.25, 0.3) is 0 Å². The average molecular weight is 163 g/mol. The van der Waals surface area contributed by atoms with Gasteiger partial charge in [0.15, 0.2) is 0 Å². The van der Waals surface area contributed by atoms with E-state index in [1.807, 2.05) is 19.3 Å². The van der Waals surface area contributed by atoms with Gasteiger partial charge in [-0.1, -0.05) is 0 Å². The molecule has 0 bridgehead atoms. The fourth-order valence-electron chi connectivity index (χ4n) is 1.05. The molecule has 12 heavy (non-hydrogen) atoms. The third-order valence-corrected chi connectivity index (χ3v) is 1.98. The molecule has 0 unspecified atom stereocenters. The molecule has 3 nitrogen and oxygen atoms in total. The largest absolute Gasteiger partial charge is 0.308 e. The predicted molar refractivity (Wildman–Crippen MR) is 46.6 cm³/mol. The van der Waals surface area contributed by atoms with Gasteiger partial charge in [0.2, 0.25) is 0 Å². The molecule has 1 heterocycles. The zero-order valence-electron chi connectivity index (χ0n) is 7.25. The van der Waals surface area contributed by atoms with Crippen LogP contribution < -0.4 is 5.32 Å². The van der Waals surface area contributed by atoms with Crippen molar-refractivity contribution in [3.8, 4) is 0 Å². The van der Waals surface area contributed by atoms with Crippen LogP contribution in [-0.4, -0.2) is 16.0 Å².